The van der Waals surface area contributed by atoms with Crippen molar-refractivity contribution in [3.05, 3.63) is 41.6 Å². The van der Waals surface area contributed by atoms with Crippen LogP contribution in [0, 0.1) is 5.92 Å². The fraction of sp³-hybridized carbons (Fsp3) is 0.538. The van der Waals surface area contributed by atoms with Gasteiger partial charge in [-0.2, -0.15) is 18.2 Å². The quantitative estimate of drug-likeness (QED) is 0.503. The molecule has 0 bridgehead atoms. The van der Waals surface area contributed by atoms with Gasteiger partial charge in [-0.1, -0.05) is 6.42 Å². The van der Waals surface area contributed by atoms with E-state index in [0.29, 0.717) is 37.2 Å². The number of benzene rings is 1. The van der Waals surface area contributed by atoms with Crippen LogP contribution in [0.5, 0.6) is 0 Å². The van der Waals surface area contributed by atoms with Gasteiger partial charge in [-0.25, -0.2) is 4.98 Å². The molecule has 0 radical (unpaired) electrons. The van der Waals surface area contributed by atoms with Gasteiger partial charge in [0.25, 0.3) is 5.91 Å². The lowest BCUT2D eigenvalue weighted by Gasteiger charge is -2.32. The Balaban J connectivity index is 1.29. The van der Waals surface area contributed by atoms with Gasteiger partial charge in [-0.15, -0.1) is 0 Å². The molecule has 12 heteroatoms. The van der Waals surface area contributed by atoms with Crippen molar-refractivity contribution in [1.29, 1.82) is 0 Å². The first-order valence-corrected chi connectivity index (χ1v) is 13.0. The standard InChI is InChI=1S/C26H32F3N7O2/c1-35-11-13-36(14-12-35)24(38)16-5-7-18(8-6-16)32-25-30-15-20(26(27,28)29)22(34-25)33-21-4-2-3-19(21)23(37)31-17-9-10-17/h5-8,15,17,19,21H,2-4,9-14H2,1H3,(H,31,37)(H2,30,32,33,34)/t19-,21+/m0/s1. The molecule has 2 saturated carbocycles. The van der Waals surface area contributed by atoms with Gasteiger partial charge in [0.1, 0.15) is 11.4 Å². The number of halogens is 3. The van der Waals surface area contributed by atoms with E-state index in [1.54, 1.807) is 29.2 Å². The number of carbonyl (C=O) groups excluding carboxylic acids is 2. The highest BCUT2D eigenvalue weighted by atomic mass is 19.4. The molecule has 0 spiro atoms. The van der Waals surface area contributed by atoms with E-state index in [2.05, 4.69) is 30.8 Å². The van der Waals surface area contributed by atoms with E-state index in [0.717, 1.165) is 38.5 Å². The number of rotatable bonds is 7. The molecular weight excluding hydrogens is 499 g/mol. The number of amides is 2. The van der Waals surface area contributed by atoms with E-state index in [1.165, 1.54) is 0 Å². The van der Waals surface area contributed by atoms with E-state index in [9.17, 15) is 22.8 Å². The molecule has 2 aromatic rings. The van der Waals surface area contributed by atoms with Crippen molar-refractivity contribution < 1.29 is 22.8 Å². The van der Waals surface area contributed by atoms with Gasteiger partial charge >= 0.3 is 6.18 Å². The van der Waals surface area contributed by atoms with E-state index >= 15 is 0 Å². The summed E-state index contributed by atoms with van der Waals surface area (Å²) >= 11 is 0. The van der Waals surface area contributed by atoms with Crippen molar-refractivity contribution in [1.82, 2.24) is 25.1 Å². The van der Waals surface area contributed by atoms with Crippen LogP contribution < -0.4 is 16.0 Å². The summed E-state index contributed by atoms with van der Waals surface area (Å²) in [6.07, 6.45) is -0.0746. The van der Waals surface area contributed by atoms with Gasteiger partial charge in [-0.05, 0) is 57.0 Å². The molecule has 204 valence electrons. The smallest absolute Gasteiger partial charge is 0.366 e. The highest BCUT2D eigenvalue weighted by Crippen LogP contribution is 2.37. The van der Waals surface area contributed by atoms with Gasteiger partial charge in [0.05, 0.1) is 5.92 Å². The normalized spacial score (nSPS) is 22.3. The Bertz CT molecular complexity index is 1160. The third kappa shape index (κ3) is 6.17. The van der Waals surface area contributed by atoms with Crippen LogP contribution in [-0.2, 0) is 11.0 Å². The highest BCUT2D eigenvalue weighted by Gasteiger charge is 2.39. The molecule has 3 N–H and O–H groups in total. The highest BCUT2D eigenvalue weighted by molar-refractivity contribution is 5.94. The Morgan fingerprint density at radius 1 is 1.00 bits per heavy atom. The zero-order chi connectivity index (χ0) is 26.9. The maximum absolute atomic E-state index is 13.8. The van der Waals surface area contributed by atoms with E-state index in [4.69, 9.17) is 0 Å². The fourth-order valence-electron chi connectivity index (χ4n) is 4.94. The number of alkyl halides is 3. The number of hydrogen-bond acceptors (Lipinski definition) is 7. The van der Waals surface area contributed by atoms with Crippen molar-refractivity contribution in [3.63, 3.8) is 0 Å². The lowest BCUT2D eigenvalue weighted by Crippen LogP contribution is -2.47. The minimum atomic E-state index is -4.66. The number of anilines is 3. The summed E-state index contributed by atoms with van der Waals surface area (Å²) in [5.74, 6) is -0.953. The Labute approximate surface area is 219 Å². The molecule has 1 aromatic heterocycles. The second-order valence-electron chi connectivity index (χ2n) is 10.3. The Kier molecular flexibility index (Phi) is 7.42. The summed E-state index contributed by atoms with van der Waals surface area (Å²) in [6, 6.07) is 6.44. The van der Waals surface area contributed by atoms with Crippen LogP contribution in [0.1, 0.15) is 48.0 Å². The molecule has 3 aliphatic rings. The van der Waals surface area contributed by atoms with Gasteiger partial charge in [-0.3, -0.25) is 9.59 Å². The molecule has 9 nitrogen and oxygen atoms in total. The monoisotopic (exact) mass is 531 g/mol. The van der Waals surface area contributed by atoms with Gasteiger partial charge < -0.3 is 25.8 Å². The van der Waals surface area contributed by atoms with Gasteiger partial charge in [0.15, 0.2) is 0 Å². The second-order valence-corrected chi connectivity index (χ2v) is 10.3. The minimum absolute atomic E-state index is 0.0179. The van der Waals surface area contributed by atoms with Crippen LogP contribution in [0.4, 0.5) is 30.6 Å². The third-order valence-electron chi connectivity index (χ3n) is 7.37. The number of hydrogen-bond donors (Lipinski definition) is 3. The molecule has 0 unspecified atom stereocenters. The Hall–Kier alpha value is -3.41. The minimum Gasteiger partial charge on any atom is -0.366 e. The number of likely N-dealkylation sites (N-methyl/N-ethyl adjacent to an activating group) is 1. The maximum Gasteiger partial charge on any atom is 0.421 e. The molecular formula is C26H32F3N7O2. The first-order valence-electron chi connectivity index (χ1n) is 13.0. The van der Waals surface area contributed by atoms with E-state index in [-0.39, 0.29) is 29.6 Å². The predicted molar refractivity (Wildman–Crippen MR) is 136 cm³/mol. The summed E-state index contributed by atoms with van der Waals surface area (Å²) in [5, 5.41) is 8.79. The molecule has 38 heavy (non-hydrogen) atoms. The average Bonchev–Trinajstić information content (AvgIpc) is 3.58. The summed E-state index contributed by atoms with van der Waals surface area (Å²) < 4.78 is 41.3. The van der Waals surface area contributed by atoms with Crippen LogP contribution in [-0.4, -0.2) is 76.9 Å². The first-order chi connectivity index (χ1) is 18.2. The maximum atomic E-state index is 13.8. The SMILES string of the molecule is CN1CCN(C(=O)c2ccc(Nc3ncc(C(F)(F)F)c(N[C@@H]4CCC[C@@H]4C(=O)NC4CC4)n3)cc2)CC1. The van der Waals surface area contributed by atoms with Crippen molar-refractivity contribution >= 4 is 29.3 Å². The molecule has 2 aliphatic carbocycles. The molecule has 1 aromatic carbocycles. The Morgan fingerprint density at radius 3 is 2.37 bits per heavy atom. The molecule has 1 aliphatic heterocycles. The second kappa shape index (κ2) is 10.8. The zero-order valence-electron chi connectivity index (χ0n) is 21.2. The lowest BCUT2D eigenvalue weighted by atomic mass is 10.0. The van der Waals surface area contributed by atoms with Crippen molar-refractivity contribution in [2.75, 3.05) is 43.9 Å². The summed E-state index contributed by atoms with van der Waals surface area (Å²) in [7, 11) is 2.02. The van der Waals surface area contributed by atoms with Crippen LogP contribution in [0.2, 0.25) is 0 Å². The van der Waals surface area contributed by atoms with Crippen molar-refractivity contribution in [2.45, 2.75) is 50.4 Å². The van der Waals surface area contributed by atoms with E-state index < -0.39 is 23.7 Å². The van der Waals surface area contributed by atoms with Crippen molar-refractivity contribution in [3.8, 4) is 0 Å². The van der Waals surface area contributed by atoms with Gasteiger partial charge in [0, 0.05) is 55.7 Å². The molecule has 1 saturated heterocycles. The summed E-state index contributed by atoms with van der Waals surface area (Å²) in [4.78, 5) is 37.4. The van der Waals surface area contributed by atoms with E-state index in [1.807, 2.05) is 7.05 Å². The number of nitrogens with zero attached hydrogens (tertiary/aromatic N) is 4. The molecule has 2 amide bonds. The largest absolute Gasteiger partial charge is 0.421 e. The van der Waals surface area contributed by atoms with Crippen LogP contribution >= 0.6 is 0 Å². The predicted octanol–water partition coefficient (Wildman–Crippen LogP) is 3.49. The van der Waals surface area contributed by atoms with Gasteiger partial charge in [0.2, 0.25) is 11.9 Å². The lowest BCUT2D eigenvalue weighted by molar-refractivity contribution is -0.137. The molecule has 2 heterocycles. The number of aromatic nitrogens is 2. The first kappa shape index (κ1) is 26.2. The van der Waals surface area contributed by atoms with Crippen LogP contribution in [0.3, 0.4) is 0 Å². The Morgan fingerprint density at radius 2 is 1.71 bits per heavy atom. The number of piperazine rings is 1. The zero-order valence-corrected chi connectivity index (χ0v) is 21.2. The molecule has 2 atom stereocenters. The number of nitrogens with one attached hydrogen (secondary N) is 3. The number of carbonyl (C=O) groups is 2. The molecule has 5 rings (SSSR count). The average molecular weight is 532 g/mol. The summed E-state index contributed by atoms with van der Waals surface area (Å²) in [5.41, 5.74) is 0.0881. The fourth-order valence-corrected chi connectivity index (χ4v) is 4.94. The third-order valence-corrected chi connectivity index (χ3v) is 7.37. The summed E-state index contributed by atoms with van der Waals surface area (Å²) in [6.45, 7) is 2.96. The van der Waals surface area contributed by atoms with Crippen LogP contribution in [0.25, 0.3) is 0 Å². The topological polar surface area (TPSA) is 102 Å². The molecule has 3 fully saturated rings. The van der Waals surface area contributed by atoms with Crippen molar-refractivity contribution in [2.24, 2.45) is 5.92 Å². The van der Waals surface area contributed by atoms with Crippen LogP contribution in [0.15, 0.2) is 30.5 Å².